The Morgan fingerprint density at radius 1 is 1.14 bits per heavy atom. The van der Waals surface area contributed by atoms with E-state index in [0.29, 0.717) is 29.2 Å². The van der Waals surface area contributed by atoms with E-state index in [9.17, 15) is 8.42 Å². The number of nitrogens with one attached hydrogen (secondary N) is 1. The quantitative estimate of drug-likeness (QED) is 0.695. The van der Waals surface area contributed by atoms with E-state index < -0.39 is 10.0 Å². The van der Waals surface area contributed by atoms with Gasteiger partial charge in [-0.15, -0.1) is 0 Å². The lowest BCUT2D eigenvalue weighted by Crippen LogP contribution is -2.40. The maximum atomic E-state index is 11.3. The minimum Gasteiger partial charge on any atom is -0.336 e. The van der Waals surface area contributed by atoms with Crippen molar-refractivity contribution in [2.45, 2.75) is 37.5 Å². The lowest BCUT2D eigenvalue weighted by Gasteiger charge is -2.28. The van der Waals surface area contributed by atoms with E-state index in [1.807, 2.05) is 6.07 Å². The van der Waals surface area contributed by atoms with Crippen molar-refractivity contribution in [3.63, 3.8) is 0 Å². The third kappa shape index (κ3) is 5.40. The molecule has 0 bridgehead atoms. The van der Waals surface area contributed by atoms with Gasteiger partial charge in [-0.2, -0.15) is 4.98 Å². The molecule has 0 aliphatic carbocycles. The average molecular weight is 418 g/mol. The van der Waals surface area contributed by atoms with Crippen LogP contribution in [-0.2, 0) is 15.8 Å². The molecule has 3 heterocycles. The number of rotatable bonds is 7. The molecular weight excluding hydrogens is 390 g/mol. The summed E-state index contributed by atoms with van der Waals surface area (Å²) in [6.45, 7) is 4.38. The van der Waals surface area contributed by atoms with Crippen LogP contribution in [0.1, 0.15) is 31.2 Å². The van der Waals surface area contributed by atoms with E-state index in [-0.39, 0.29) is 5.75 Å². The van der Waals surface area contributed by atoms with Crippen molar-refractivity contribution in [1.29, 1.82) is 0 Å². The molecule has 1 aromatic heterocycles. The summed E-state index contributed by atoms with van der Waals surface area (Å²) in [5.41, 5.74) is 1.32. The number of hydrogen-bond donors (Lipinski definition) is 2. The molecule has 156 valence electrons. The molecule has 0 amide bonds. The van der Waals surface area contributed by atoms with Crippen LogP contribution in [0.5, 0.6) is 0 Å². The zero-order valence-corrected chi connectivity index (χ0v) is 17.2. The van der Waals surface area contributed by atoms with Crippen LogP contribution in [0.4, 0.5) is 17.6 Å². The molecule has 0 saturated carbocycles. The maximum Gasteiger partial charge on any atom is 0.231 e. The van der Waals surface area contributed by atoms with Crippen LogP contribution in [0.25, 0.3) is 0 Å². The molecule has 0 unspecified atom stereocenters. The average Bonchev–Trinajstić information content (AvgIpc) is 3.33. The van der Waals surface area contributed by atoms with Gasteiger partial charge in [0.25, 0.3) is 0 Å². The molecule has 2 aliphatic heterocycles. The van der Waals surface area contributed by atoms with Gasteiger partial charge in [-0.25, -0.2) is 23.5 Å². The van der Waals surface area contributed by atoms with Crippen LogP contribution in [0, 0.1) is 0 Å². The lowest BCUT2D eigenvalue weighted by molar-refractivity contribution is 0.313. The highest BCUT2D eigenvalue weighted by molar-refractivity contribution is 7.88. The molecule has 4 rings (SSSR count). The number of sulfonamides is 1. The van der Waals surface area contributed by atoms with Crippen molar-refractivity contribution in [3.8, 4) is 0 Å². The Morgan fingerprint density at radius 3 is 2.76 bits per heavy atom. The highest BCUT2D eigenvalue weighted by Crippen LogP contribution is 2.25. The van der Waals surface area contributed by atoms with Gasteiger partial charge >= 0.3 is 0 Å². The summed E-state index contributed by atoms with van der Waals surface area (Å²) < 4.78 is 22.7. The molecule has 2 saturated heterocycles. The van der Waals surface area contributed by atoms with E-state index in [0.717, 1.165) is 25.9 Å². The summed E-state index contributed by atoms with van der Waals surface area (Å²) in [7, 11) is -3.58. The summed E-state index contributed by atoms with van der Waals surface area (Å²) in [5, 5.41) is 8.29. The number of benzene rings is 1. The van der Waals surface area contributed by atoms with E-state index in [1.54, 1.807) is 18.2 Å². The minimum absolute atomic E-state index is 0.211. The molecule has 2 fully saturated rings. The molecule has 3 N–H and O–H groups in total. The van der Waals surface area contributed by atoms with Crippen molar-refractivity contribution >= 4 is 27.6 Å². The molecule has 10 heteroatoms. The first-order chi connectivity index (χ1) is 14.0. The Hall–Kier alpha value is -2.30. The Balaban J connectivity index is 1.46. The highest BCUT2D eigenvalue weighted by atomic mass is 32.2. The van der Waals surface area contributed by atoms with Gasteiger partial charge in [0.05, 0.1) is 5.75 Å². The van der Waals surface area contributed by atoms with Crippen LogP contribution >= 0.6 is 0 Å². The molecule has 1 atom stereocenters. The summed E-state index contributed by atoms with van der Waals surface area (Å²) in [5.74, 6) is 0.913. The second-order valence-corrected chi connectivity index (χ2v) is 9.35. The van der Waals surface area contributed by atoms with Crippen molar-refractivity contribution in [1.82, 2.24) is 19.9 Å². The van der Waals surface area contributed by atoms with E-state index >= 15 is 0 Å². The van der Waals surface area contributed by atoms with Crippen LogP contribution < -0.4 is 15.4 Å². The number of nitrogens with two attached hydrogens (primary N) is 1. The largest absolute Gasteiger partial charge is 0.336 e. The third-order valence-corrected chi connectivity index (χ3v) is 6.15. The molecule has 2 aliphatic rings. The van der Waals surface area contributed by atoms with Crippen LogP contribution in [0.3, 0.4) is 0 Å². The number of hydrogen-bond acceptors (Lipinski definition) is 8. The molecule has 29 heavy (non-hydrogen) atoms. The Kier molecular flexibility index (Phi) is 5.93. The van der Waals surface area contributed by atoms with Gasteiger partial charge in [-0.3, -0.25) is 0 Å². The molecule has 9 nitrogen and oxygen atoms in total. The SMILES string of the molecule is NS(=O)(=O)Cc1cccc(Nc2ncnc(N3CCC[C@@H]3CN3CCCC3)n2)c1. The molecule has 0 radical (unpaired) electrons. The lowest BCUT2D eigenvalue weighted by atomic mass is 10.2. The number of likely N-dealkylation sites (tertiary alicyclic amines) is 1. The molecular formula is C19H27N7O2S. The van der Waals surface area contributed by atoms with Gasteiger partial charge in [0, 0.05) is 24.8 Å². The predicted molar refractivity (Wildman–Crippen MR) is 112 cm³/mol. The number of anilines is 3. The maximum absolute atomic E-state index is 11.3. The van der Waals surface area contributed by atoms with Crippen molar-refractivity contribution < 1.29 is 8.42 Å². The van der Waals surface area contributed by atoms with E-state index in [4.69, 9.17) is 5.14 Å². The Labute approximate surface area is 171 Å². The Morgan fingerprint density at radius 2 is 1.97 bits per heavy atom. The van der Waals surface area contributed by atoms with Gasteiger partial charge in [0.1, 0.15) is 6.33 Å². The van der Waals surface area contributed by atoms with E-state index in [1.165, 1.54) is 32.3 Å². The zero-order chi connectivity index (χ0) is 20.3. The first kappa shape index (κ1) is 20.0. The van der Waals surface area contributed by atoms with Gasteiger partial charge < -0.3 is 15.1 Å². The minimum atomic E-state index is -3.58. The van der Waals surface area contributed by atoms with Crippen molar-refractivity contribution in [2.75, 3.05) is 36.4 Å². The first-order valence-corrected chi connectivity index (χ1v) is 11.7. The first-order valence-electron chi connectivity index (χ1n) is 10.0. The van der Waals surface area contributed by atoms with Crippen molar-refractivity contribution in [3.05, 3.63) is 36.2 Å². The van der Waals surface area contributed by atoms with Gasteiger partial charge in [-0.1, -0.05) is 12.1 Å². The number of primary sulfonamides is 1. The molecule has 1 aromatic carbocycles. The summed E-state index contributed by atoms with van der Waals surface area (Å²) >= 11 is 0. The normalized spacial score (nSPS) is 20.3. The van der Waals surface area contributed by atoms with Gasteiger partial charge in [0.15, 0.2) is 0 Å². The van der Waals surface area contributed by atoms with Crippen LogP contribution in [0.15, 0.2) is 30.6 Å². The summed E-state index contributed by atoms with van der Waals surface area (Å²) in [4.78, 5) is 18.0. The third-order valence-electron chi connectivity index (χ3n) is 5.41. The topological polar surface area (TPSA) is 117 Å². The predicted octanol–water partition coefficient (Wildman–Crippen LogP) is 1.47. The monoisotopic (exact) mass is 417 g/mol. The van der Waals surface area contributed by atoms with Gasteiger partial charge in [-0.05, 0) is 56.5 Å². The van der Waals surface area contributed by atoms with Crippen LogP contribution in [-0.4, -0.2) is 60.5 Å². The standard InChI is InChI=1S/C19H27N7O2S/c20-29(27,28)13-15-5-3-6-16(11-15)23-18-21-14-22-19(24-18)26-10-4-7-17(26)12-25-8-1-2-9-25/h3,5-6,11,14,17H,1-2,4,7-10,12-13H2,(H2,20,27,28)(H,21,22,23,24)/t17-/m1/s1. The Bertz CT molecular complexity index is 947. The fraction of sp³-hybridized carbons (Fsp3) is 0.526. The zero-order valence-electron chi connectivity index (χ0n) is 16.4. The van der Waals surface area contributed by atoms with E-state index in [2.05, 4.69) is 30.1 Å². The summed E-state index contributed by atoms with van der Waals surface area (Å²) in [6, 6.07) is 7.50. The second kappa shape index (κ2) is 8.60. The fourth-order valence-electron chi connectivity index (χ4n) is 4.14. The number of aromatic nitrogens is 3. The molecule has 0 spiro atoms. The summed E-state index contributed by atoms with van der Waals surface area (Å²) in [6.07, 6.45) is 6.39. The second-order valence-electron chi connectivity index (χ2n) is 7.74. The fourth-order valence-corrected chi connectivity index (χ4v) is 4.78. The highest BCUT2D eigenvalue weighted by Gasteiger charge is 2.29. The van der Waals surface area contributed by atoms with Gasteiger partial charge in [0.2, 0.25) is 21.9 Å². The number of nitrogens with zero attached hydrogens (tertiary/aromatic N) is 5. The van der Waals surface area contributed by atoms with Crippen molar-refractivity contribution in [2.24, 2.45) is 5.14 Å². The van der Waals surface area contributed by atoms with Crippen LogP contribution in [0.2, 0.25) is 0 Å². The smallest absolute Gasteiger partial charge is 0.231 e. The molecule has 2 aromatic rings.